The van der Waals surface area contributed by atoms with Gasteiger partial charge in [0.15, 0.2) is 17.8 Å². The smallest absolute Gasteiger partial charge is 0.341 e. The SMILES string of the molecule is CC[C@@H](C)C(=O)O[C@H]1[C@H](O)[C@H]2[C@@H](CN3C[C@@H](C)CC[C@H]3[C@@]2(C)O)[C@@H]2C[C@]34O[C@]5(O)[C@@H](OC(=O)[C@@](C)(O)[C@@H](C)O)CC[C@@]3(C)[C@@H]5C[C@@H](O)[C@H]4[C@@]21O. The van der Waals surface area contributed by atoms with E-state index in [9.17, 15) is 45.3 Å². The van der Waals surface area contributed by atoms with Crippen LogP contribution in [-0.4, -0.2) is 130 Å². The lowest BCUT2D eigenvalue weighted by Gasteiger charge is -2.64. The number of aliphatic hydroxyl groups is 7. The number of piperidine rings is 2. The van der Waals surface area contributed by atoms with Gasteiger partial charge in [-0.2, -0.15) is 0 Å². The number of nitrogens with zero attached hydrogens (tertiary/aromatic N) is 1. The molecule has 7 rings (SSSR count). The van der Waals surface area contributed by atoms with E-state index >= 15 is 0 Å². The van der Waals surface area contributed by atoms with Gasteiger partial charge in [-0.05, 0) is 83.5 Å². The van der Waals surface area contributed by atoms with Crippen LogP contribution >= 0.6 is 0 Å². The molecule has 19 atom stereocenters. The lowest BCUT2D eigenvalue weighted by Crippen LogP contribution is -2.77. The van der Waals surface area contributed by atoms with Crippen molar-refractivity contribution in [3.8, 4) is 0 Å². The summed E-state index contributed by atoms with van der Waals surface area (Å²) in [7, 11) is 0. The monoisotopic (exact) mass is 709 g/mol. The third kappa shape index (κ3) is 4.57. The van der Waals surface area contributed by atoms with Crippen LogP contribution in [0.1, 0.15) is 93.4 Å². The van der Waals surface area contributed by atoms with Crippen LogP contribution in [0.15, 0.2) is 0 Å². The largest absolute Gasteiger partial charge is 0.456 e. The Bertz CT molecular complexity index is 1390. The van der Waals surface area contributed by atoms with Crippen LogP contribution < -0.4 is 0 Å². The fourth-order valence-corrected chi connectivity index (χ4v) is 12.5. The number of esters is 2. The summed E-state index contributed by atoms with van der Waals surface area (Å²) >= 11 is 0. The number of aliphatic hydroxyl groups excluding tert-OH is 3. The van der Waals surface area contributed by atoms with E-state index in [2.05, 4.69) is 11.8 Å². The summed E-state index contributed by atoms with van der Waals surface area (Å²) < 4.78 is 18.7. The van der Waals surface area contributed by atoms with E-state index in [1.54, 1.807) is 13.8 Å². The molecule has 4 saturated carbocycles. The Kier molecular flexibility index (Phi) is 8.52. The first-order chi connectivity index (χ1) is 23.1. The highest BCUT2D eigenvalue weighted by Gasteiger charge is 2.87. The number of ether oxygens (including phenoxy) is 3. The van der Waals surface area contributed by atoms with Gasteiger partial charge >= 0.3 is 11.9 Å². The zero-order chi connectivity index (χ0) is 36.7. The minimum atomic E-state index is -2.25. The second-order valence-electron chi connectivity index (χ2n) is 18.2. The summed E-state index contributed by atoms with van der Waals surface area (Å²) in [6.45, 7) is 13.1. The molecule has 3 heterocycles. The van der Waals surface area contributed by atoms with Gasteiger partial charge < -0.3 is 50.0 Å². The van der Waals surface area contributed by atoms with E-state index in [-0.39, 0.29) is 25.3 Å². The highest BCUT2D eigenvalue weighted by molar-refractivity contribution is 5.79. The van der Waals surface area contributed by atoms with E-state index in [0.717, 1.165) is 26.3 Å². The maximum atomic E-state index is 13.5. The van der Waals surface area contributed by atoms with Crippen molar-refractivity contribution in [1.82, 2.24) is 4.90 Å². The zero-order valence-electron chi connectivity index (χ0n) is 30.5. The molecule has 13 heteroatoms. The molecule has 0 aromatic rings. The molecule has 0 unspecified atom stereocenters. The van der Waals surface area contributed by atoms with Crippen molar-refractivity contribution in [2.24, 2.45) is 46.8 Å². The Morgan fingerprint density at radius 2 is 1.74 bits per heavy atom. The molecule has 284 valence electrons. The highest BCUT2D eigenvalue weighted by Crippen LogP contribution is 2.77. The molecule has 0 aromatic heterocycles. The molecule has 3 saturated heterocycles. The highest BCUT2D eigenvalue weighted by atomic mass is 16.7. The van der Waals surface area contributed by atoms with E-state index in [4.69, 9.17) is 14.2 Å². The van der Waals surface area contributed by atoms with Crippen molar-refractivity contribution >= 4 is 11.9 Å². The Morgan fingerprint density at radius 1 is 1.06 bits per heavy atom. The fraction of sp³-hybridized carbons (Fsp3) is 0.946. The number of rotatable bonds is 6. The second-order valence-corrected chi connectivity index (χ2v) is 18.2. The van der Waals surface area contributed by atoms with Gasteiger partial charge in [-0.1, -0.05) is 27.7 Å². The van der Waals surface area contributed by atoms with Crippen LogP contribution in [0.4, 0.5) is 0 Å². The predicted molar refractivity (Wildman–Crippen MR) is 176 cm³/mol. The Hall–Kier alpha value is -1.42. The molecule has 13 nitrogen and oxygen atoms in total. The molecule has 7 N–H and O–H groups in total. The maximum absolute atomic E-state index is 13.5. The van der Waals surface area contributed by atoms with Crippen LogP contribution in [0.5, 0.6) is 0 Å². The van der Waals surface area contributed by atoms with Crippen LogP contribution in [-0.2, 0) is 23.8 Å². The number of hydrogen-bond acceptors (Lipinski definition) is 13. The molecular weight excluding hydrogens is 650 g/mol. The van der Waals surface area contributed by atoms with E-state index < -0.39 is 112 Å². The van der Waals surface area contributed by atoms with Gasteiger partial charge in [-0.15, -0.1) is 0 Å². The summed E-state index contributed by atoms with van der Waals surface area (Å²) in [5, 5.41) is 83.5. The first-order valence-corrected chi connectivity index (χ1v) is 18.9. The van der Waals surface area contributed by atoms with Crippen LogP contribution in [0.2, 0.25) is 0 Å². The normalized spacial score (nSPS) is 54.6. The molecule has 50 heavy (non-hydrogen) atoms. The first kappa shape index (κ1) is 36.9. The van der Waals surface area contributed by atoms with E-state index in [0.29, 0.717) is 25.3 Å². The van der Waals surface area contributed by atoms with Gasteiger partial charge in [-0.25, -0.2) is 4.79 Å². The zero-order valence-corrected chi connectivity index (χ0v) is 30.5. The minimum Gasteiger partial charge on any atom is -0.456 e. The van der Waals surface area contributed by atoms with Crippen LogP contribution in [0.3, 0.4) is 0 Å². The van der Waals surface area contributed by atoms with Crippen LogP contribution in [0, 0.1) is 46.8 Å². The lowest BCUT2D eigenvalue weighted by molar-refractivity contribution is -0.300. The molecule has 0 radical (unpaired) electrons. The van der Waals surface area contributed by atoms with Crippen molar-refractivity contribution in [2.45, 2.75) is 158 Å². The van der Waals surface area contributed by atoms with Gasteiger partial charge in [0.05, 0.1) is 35.4 Å². The Balaban J connectivity index is 1.34. The van der Waals surface area contributed by atoms with Gasteiger partial charge in [0.25, 0.3) is 0 Å². The molecular formula is C37H59NO12. The summed E-state index contributed by atoms with van der Waals surface area (Å²) in [6, 6.07) is -0.238. The Morgan fingerprint density at radius 3 is 2.38 bits per heavy atom. The third-order valence-electron chi connectivity index (χ3n) is 15.5. The Labute approximate surface area is 294 Å². The van der Waals surface area contributed by atoms with Crippen molar-refractivity contribution in [2.75, 3.05) is 13.1 Å². The summed E-state index contributed by atoms with van der Waals surface area (Å²) in [5.74, 6) is -7.78. The molecule has 7 fully saturated rings. The first-order valence-electron chi connectivity index (χ1n) is 18.9. The topological polar surface area (TPSA) is 207 Å². The minimum absolute atomic E-state index is 0.0328. The molecule has 0 aromatic carbocycles. The quantitative estimate of drug-likeness (QED) is 0.188. The standard InChI is InChI=1S/C37H59NO12/c1-8-18(3)30(42)49-29-27(41)26-20(16-38-15-17(2)9-10-24(38)34(26,7)45)21-14-35-28(36(21,29)46)22(40)13-23-32(35,5)12-11-25(37(23,47)50-35)48-31(43)33(6,44)19(4)39/h17-29,39-41,44-47H,8-16H2,1-7H3/t17-,18+,19+,20-,21-,22+,23-,24-,25-,26+,27+,28+,29-,32-,33-,34+,35+,36-,37-/m0/s1. The summed E-state index contributed by atoms with van der Waals surface area (Å²) in [4.78, 5) is 28.9. The predicted octanol–water partition coefficient (Wildman–Crippen LogP) is 0.466. The maximum Gasteiger partial charge on any atom is 0.341 e. The molecule has 0 amide bonds. The summed E-state index contributed by atoms with van der Waals surface area (Å²) in [5.41, 5.74) is -7.89. The average molecular weight is 710 g/mol. The van der Waals surface area contributed by atoms with Crippen molar-refractivity contribution in [3.63, 3.8) is 0 Å². The molecule has 4 aliphatic carbocycles. The number of fused-ring (bicyclic) bond motifs is 5. The molecule has 3 aliphatic heterocycles. The van der Waals surface area contributed by atoms with Crippen molar-refractivity contribution < 1.29 is 59.5 Å². The number of carbonyl (C=O) groups is 2. The molecule has 1 spiro atoms. The van der Waals surface area contributed by atoms with Crippen molar-refractivity contribution in [1.29, 1.82) is 0 Å². The van der Waals surface area contributed by atoms with Gasteiger partial charge in [0, 0.05) is 42.3 Å². The number of carbonyl (C=O) groups excluding carboxylic acids is 2. The molecule has 7 aliphatic rings. The van der Waals surface area contributed by atoms with Crippen LogP contribution in [0.25, 0.3) is 0 Å². The van der Waals surface area contributed by atoms with Gasteiger partial charge in [0.2, 0.25) is 5.79 Å². The fourth-order valence-electron chi connectivity index (χ4n) is 12.5. The second kappa shape index (κ2) is 11.5. The molecule has 4 bridgehead atoms. The van der Waals surface area contributed by atoms with E-state index in [1.807, 2.05) is 13.8 Å². The number of hydrogen-bond donors (Lipinski definition) is 7. The van der Waals surface area contributed by atoms with Crippen molar-refractivity contribution in [3.05, 3.63) is 0 Å². The van der Waals surface area contributed by atoms with Gasteiger partial charge in [0.1, 0.15) is 5.60 Å². The lowest BCUT2D eigenvalue weighted by atomic mass is 9.49. The summed E-state index contributed by atoms with van der Waals surface area (Å²) in [6.07, 6.45) is -4.15. The average Bonchev–Trinajstić information content (AvgIpc) is 3.31. The third-order valence-corrected chi connectivity index (χ3v) is 15.5. The van der Waals surface area contributed by atoms with Gasteiger partial charge in [-0.3, -0.25) is 9.69 Å². The van der Waals surface area contributed by atoms with E-state index in [1.165, 1.54) is 6.92 Å².